The molecule has 0 aliphatic carbocycles. The van der Waals surface area contributed by atoms with E-state index in [0.717, 1.165) is 39.5 Å². The predicted molar refractivity (Wildman–Crippen MR) is 104 cm³/mol. The molecule has 0 fully saturated rings. The van der Waals surface area contributed by atoms with Crippen LogP contribution in [0.2, 0.25) is 0 Å². The van der Waals surface area contributed by atoms with Crippen molar-refractivity contribution in [2.24, 2.45) is 11.8 Å². The second-order valence-electron chi connectivity index (χ2n) is 7.27. The number of hydrogen-bond donors (Lipinski definition) is 0. The van der Waals surface area contributed by atoms with E-state index in [1.54, 1.807) is 0 Å². The topological polar surface area (TPSA) is 24.9 Å². The van der Waals surface area contributed by atoms with Crippen LogP contribution in [0.5, 0.6) is 0 Å². The first kappa shape index (κ1) is 20.8. The van der Waals surface area contributed by atoms with Crippen LogP contribution < -0.4 is 9.80 Å². The Balaban J connectivity index is 2.53. The fraction of sp³-hybridized carbons (Fsp3) is 0.700. The summed E-state index contributed by atoms with van der Waals surface area (Å²) in [5.41, 5.74) is 2.47. The van der Waals surface area contributed by atoms with Crippen LogP contribution in [0, 0.1) is 11.8 Å². The lowest BCUT2D eigenvalue weighted by Gasteiger charge is -2.28. The normalized spacial score (nSPS) is 11.3. The summed E-state index contributed by atoms with van der Waals surface area (Å²) in [6, 6.07) is 8.52. The lowest BCUT2D eigenvalue weighted by atomic mass is 10.2. The van der Waals surface area contributed by atoms with E-state index in [-0.39, 0.29) is 0 Å². The highest BCUT2D eigenvalue weighted by Gasteiger charge is 2.11. The Kier molecular flexibility index (Phi) is 9.80. The van der Waals surface area contributed by atoms with Crippen LogP contribution in [0.4, 0.5) is 11.4 Å². The number of rotatable bonds is 12. The van der Waals surface area contributed by atoms with Gasteiger partial charge in [0.25, 0.3) is 0 Å². The highest BCUT2D eigenvalue weighted by Crippen LogP contribution is 2.27. The molecule has 0 unspecified atom stereocenters. The fourth-order valence-corrected chi connectivity index (χ4v) is 2.39. The van der Waals surface area contributed by atoms with E-state index in [1.165, 1.54) is 11.4 Å². The molecule has 0 aliphatic heterocycles. The van der Waals surface area contributed by atoms with Crippen molar-refractivity contribution in [2.45, 2.75) is 27.7 Å². The summed E-state index contributed by atoms with van der Waals surface area (Å²) in [5.74, 6) is 1.17. The zero-order valence-electron chi connectivity index (χ0n) is 16.4. The molecule has 138 valence electrons. The molecule has 0 radical (unpaired) electrons. The lowest BCUT2D eigenvalue weighted by Crippen LogP contribution is -2.28. The fourth-order valence-electron chi connectivity index (χ4n) is 2.39. The molecule has 0 atom stereocenters. The predicted octanol–water partition coefficient (Wildman–Crippen LogP) is 3.90. The van der Waals surface area contributed by atoms with Gasteiger partial charge < -0.3 is 19.3 Å². The standard InChI is InChI=1S/C20H36N2O2/c1-17(2)15-23-13-11-21(5)19-9-7-8-10-20(19)22(6)12-14-24-16-18(3)4/h7-10,17-18H,11-16H2,1-6H3. The maximum Gasteiger partial charge on any atom is 0.0641 e. The van der Waals surface area contributed by atoms with E-state index in [2.05, 4.69) is 75.9 Å². The summed E-state index contributed by atoms with van der Waals surface area (Å²) >= 11 is 0. The van der Waals surface area contributed by atoms with Gasteiger partial charge in [0, 0.05) is 40.4 Å². The van der Waals surface area contributed by atoms with E-state index >= 15 is 0 Å². The number of anilines is 2. The summed E-state index contributed by atoms with van der Waals surface area (Å²) in [6.45, 7) is 13.6. The van der Waals surface area contributed by atoms with Crippen molar-refractivity contribution in [2.75, 3.05) is 63.4 Å². The van der Waals surface area contributed by atoms with Crippen LogP contribution in [0.25, 0.3) is 0 Å². The van der Waals surface area contributed by atoms with Crippen molar-refractivity contribution in [3.63, 3.8) is 0 Å². The monoisotopic (exact) mass is 336 g/mol. The Morgan fingerprint density at radius 2 is 1.12 bits per heavy atom. The van der Waals surface area contributed by atoms with Gasteiger partial charge in [-0.1, -0.05) is 39.8 Å². The highest BCUT2D eigenvalue weighted by atomic mass is 16.5. The average Bonchev–Trinajstić information content (AvgIpc) is 2.54. The van der Waals surface area contributed by atoms with Gasteiger partial charge in [-0.3, -0.25) is 0 Å². The van der Waals surface area contributed by atoms with E-state index in [1.807, 2.05) is 0 Å². The minimum absolute atomic E-state index is 0.583. The Morgan fingerprint density at radius 1 is 0.750 bits per heavy atom. The molecule has 0 heterocycles. The van der Waals surface area contributed by atoms with Crippen LogP contribution in [-0.4, -0.2) is 53.6 Å². The number of para-hydroxylation sites is 2. The second kappa shape index (κ2) is 11.3. The number of benzene rings is 1. The van der Waals surface area contributed by atoms with Gasteiger partial charge in [0.15, 0.2) is 0 Å². The molecule has 0 spiro atoms. The third kappa shape index (κ3) is 8.02. The molecule has 1 aromatic rings. The molecule has 1 rings (SSSR count). The van der Waals surface area contributed by atoms with Gasteiger partial charge in [0.1, 0.15) is 0 Å². The Hall–Kier alpha value is -1.26. The minimum atomic E-state index is 0.583. The van der Waals surface area contributed by atoms with E-state index < -0.39 is 0 Å². The molecule has 0 aliphatic rings. The molecule has 1 aromatic carbocycles. The summed E-state index contributed by atoms with van der Waals surface area (Å²) in [5, 5.41) is 0. The van der Waals surface area contributed by atoms with Crippen LogP contribution in [0.1, 0.15) is 27.7 Å². The zero-order valence-corrected chi connectivity index (χ0v) is 16.4. The Bertz CT molecular complexity index is 408. The Labute approximate surface area is 148 Å². The Morgan fingerprint density at radius 3 is 1.46 bits per heavy atom. The third-order valence-corrected chi connectivity index (χ3v) is 3.75. The summed E-state index contributed by atoms with van der Waals surface area (Å²) in [4.78, 5) is 4.53. The van der Waals surface area contributed by atoms with Crippen molar-refractivity contribution >= 4 is 11.4 Å². The summed E-state index contributed by atoms with van der Waals surface area (Å²) < 4.78 is 11.4. The van der Waals surface area contributed by atoms with Gasteiger partial charge in [-0.2, -0.15) is 0 Å². The lowest BCUT2D eigenvalue weighted by molar-refractivity contribution is 0.115. The number of hydrogen-bond acceptors (Lipinski definition) is 4. The molecule has 0 N–H and O–H groups in total. The van der Waals surface area contributed by atoms with Gasteiger partial charge in [-0.15, -0.1) is 0 Å². The van der Waals surface area contributed by atoms with Gasteiger partial charge in [-0.25, -0.2) is 0 Å². The number of likely N-dealkylation sites (N-methyl/N-ethyl adjacent to an activating group) is 2. The molecule has 0 bridgehead atoms. The van der Waals surface area contributed by atoms with Crippen molar-refractivity contribution in [3.8, 4) is 0 Å². The summed E-state index contributed by atoms with van der Waals surface area (Å²) in [6.07, 6.45) is 0. The molecular formula is C20H36N2O2. The van der Waals surface area contributed by atoms with Crippen LogP contribution in [0.3, 0.4) is 0 Å². The first-order valence-corrected chi connectivity index (χ1v) is 9.08. The zero-order chi connectivity index (χ0) is 17.9. The number of nitrogens with zero attached hydrogens (tertiary/aromatic N) is 2. The minimum Gasteiger partial charge on any atom is -0.379 e. The van der Waals surface area contributed by atoms with Gasteiger partial charge in [0.05, 0.1) is 24.6 Å². The quantitative estimate of drug-likeness (QED) is 0.540. The maximum absolute atomic E-state index is 5.71. The maximum atomic E-state index is 5.71. The van der Waals surface area contributed by atoms with Gasteiger partial charge in [0.2, 0.25) is 0 Å². The molecule has 4 heteroatoms. The molecule has 4 nitrogen and oxygen atoms in total. The van der Waals surface area contributed by atoms with E-state index in [9.17, 15) is 0 Å². The third-order valence-electron chi connectivity index (χ3n) is 3.75. The smallest absolute Gasteiger partial charge is 0.0641 e. The van der Waals surface area contributed by atoms with E-state index in [0.29, 0.717) is 11.8 Å². The van der Waals surface area contributed by atoms with Crippen LogP contribution in [-0.2, 0) is 9.47 Å². The van der Waals surface area contributed by atoms with Crippen molar-refractivity contribution < 1.29 is 9.47 Å². The molecule has 0 aromatic heterocycles. The first-order valence-electron chi connectivity index (χ1n) is 9.08. The number of ether oxygens (including phenoxy) is 2. The SMILES string of the molecule is CC(C)COCCN(C)c1ccccc1N(C)CCOCC(C)C. The summed E-state index contributed by atoms with van der Waals surface area (Å²) in [7, 11) is 4.25. The van der Waals surface area contributed by atoms with Crippen molar-refractivity contribution in [3.05, 3.63) is 24.3 Å². The molecule has 24 heavy (non-hydrogen) atoms. The van der Waals surface area contributed by atoms with Crippen molar-refractivity contribution in [1.29, 1.82) is 0 Å². The molecule has 0 saturated carbocycles. The van der Waals surface area contributed by atoms with Gasteiger partial charge in [-0.05, 0) is 24.0 Å². The van der Waals surface area contributed by atoms with Crippen LogP contribution >= 0.6 is 0 Å². The highest BCUT2D eigenvalue weighted by molar-refractivity contribution is 5.70. The van der Waals surface area contributed by atoms with E-state index in [4.69, 9.17) is 9.47 Å². The van der Waals surface area contributed by atoms with Crippen LogP contribution in [0.15, 0.2) is 24.3 Å². The molecule has 0 amide bonds. The molecular weight excluding hydrogens is 300 g/mol. The molecule has 0 saturated heterocycles. The second-order valence-corrected chi connectivity index (χ2v) is 7.27. The van der Waals surface area contributed by atoms with Gasteiger partial charge >= 0.3 is 0 Å². The average molecular weight is 337 g/mol. The largest absolute Gasteiger partial charge is 0.379 e. The van der Waals surface area contributed by atoms with Crippen molar-refractivity contribution in [1.82, 2.24) is 0 Å². The first-order chi connectivity index (χ1) is 11.4.